The summed E-state index contributed by atoms with van der Waals surface area (Å²) in [5, 5.41) is 13.3. The molecule has 2 fully saturated rings. The fourth-order valence-electron chi connectivity index (χ4n) is 4.83. The minimum atomic E-state index is -0.557. The normalized spacial score (nSPS) is 17.4. The Bertz CT molecular complexity index is 1200. The molecule has 12 heteroatoms. The molecule has 1 saturated carbocycles. The fraction of sp³-hybridized carbons (Fsp3) is 0.500. The van der Waals surface area contributed by atoms with Crippen molar-refractivity contribution < 1.29 is 19.1 Å². The average Bonchev–Trinajstić information content (AvgIpc) is 3.52. The van der Waals surface area contributed by atoms with E-state index in [1.54, 1.807) is 13.1 Å². The lowest BCUT2D eigenvalue weighted by molar-refractivity contribution is 0.0941. The van der Waals surface area contributed by atoms with Gasteiger partial charge in [-0.15, -0.1) is 0 Å². The predicted octanol–water partition coefficient (Wildman–Crippen LogP) is 4.19. The number of nitrogens with one attached hydrogen (secondary N) is 1. The van der Waals surface area contributed by atoms with Gasteiger partial charge in [-0.2, -0.15) is 0 Å². The van der Waals surface area contributed by atoms with Crippen LogP contribution in [-0.2, 0) is 0 Å². The van der Waals surface area contributed by atoms with Crippen LogP contribution in [-0.4, -0.2) is 69.9 Å². The van der Waals surface area contributed by atoms with Crippen LogP contribution in [0.1, 0.15) is 48.4 Å². The van der Waals surface area contributed by atoms with Crippen molar-refractivity contribution in [2.24, 2.45) is 0 Å². The summed E-state index contributed by atoms with van der Waals surface area (Å²) >= 11 is 7.53. The first-order chi connectivity index (χ1) is 17.5. The number of hydrogen-bond donors (Lipinski definition) is 2. The summed E-state index contributed by atoms with van der Waals surface area (Å²) in [5.74, 6) is 0.789. The molecule has 1 aliphatic carbocycles. The number of nitrogens with zero attached hydrogens (tertiary/aromatic N) is 5. The molecule has 2 N–H and O–H groups in total. The third-order valence-electron chi connectivity index (χ3n) is 6.65. The maximum atomic E-state index is 12.9. The quantitative estimate of drug-likeness (QED) is 0.432. The minimum absolute atomic E-state index is 0.0580. The minimum Gasteiger partial charge on any atom is -0.450 e. The van der Waals surface area contributed by atoms with Crippen LogP contribution in [0.15, 0.2) is 22.9 Å². The zero-order chi connectivity index (χ0) is 25.1. The SMILES string of the molecule is Cc1ncc(-c2nc(NC(=O)c3cnc(OCO)c(Cl)c3)sc2N2CCN(C3CCCCC3)CC2)o1. The van der Waals surface area contributed by atoms with E-state index < -0.39 is 12.7 Å². The molecule has 36 heavy (non-hydrogen) atoms. The molecule has 4 heterocycles. The van der Waals surface area contributed by atoms with Gasteiger partial charge >= 0.3 is 0 Å². The predicted molar refractivity (Wildman–Crippen MR) is 138 cm³/mol. The Kier molecular flexibility index (Phi) is 7.70. The van der Waals surface area contributed by atoms with E-state index in [2.05, 4.69) is 25.1 Å². The van der Waals surface area contributed by atoms with Gasteiger partial charge in [0, 0.05) is 45.3 Å². The standard InChI is InChI=1S/C24H29ClN6O4S/c1-15-26-13-19(35-15)20-23(31-9-7-30(8-10-31)17-5-3-2-4-6-17)36-24(28-20)29-21(33)16-11-18(25)22(27-12-16)34-14-32/h11-13,17,32H,2-10,14H2,1H3,(H,28,29,33). The van der Waals surface area contributed by atoms with E-state index >= 15 is 0 Å². The number of anilines is 2. The number of aliphatic hydroxyl groups is 1. The maximum absolute atomic E-state index is 12.9. The monoisotopic (exact) mass is 532 g/mol. The van der Waals surface area contributed by atoms with Crippen LogP contribution in [0.4, 0.5) is 10.1 Å². The van der Waals surface area contributed by atoms with E-state index in [1.165, 1.54) is 55.7 Å². The van der Waals surface area contributed by atoms with Crippen molar-refractivity contribution >= 4 is 39.0 Å². The first-order valence-corrected chi connectivity index (χ1v) is 13.3. The number of oxazole rings is 1. The Labute approximate surface area is 218 Å². The molecule has 5 rings (SSSR count). The lowest BCUT2D eigenvalue weighted by Crippen LogP contribution is -2.50. The molecule has 1 aliphatic heterocycles. The number of aryl methyl sites for hydroxylation is 1. The third kappa shape index (κ3) is 5.49. The highest BCUT2D eigenvalue weighted by Gasteiger charge is 2.29. The van der Waals surface area contributed by atoms with Crippen LogP contribution in [0.2, 0.25) is 5.02 Å². The van der Waals surface area contributed by atoms with E-state index in [9.17, 15) is 4.79 Å². The van der Waals surface area contributed by atoms with E-state index in [0.29, 0.717) is 28.5 Å². The zero-order valence-corrected chi connectivity index (χ0v) is 21.6. The van der Waals surface area contributed by atoms with Gasteiger partial charge < -0.3 is 19.2 Å². The lowest BCUT2D eigenvalue weighted by atomic mass is 9.94. The van der Waals surface area contributed by atoms with Crippen molar-refractivity contribution in [2.45, 2.75) is 45.1 Å². The summed E-state index contributed by atoms with van der Waals surface area (Å²) in [6, 6.07) is 2.14. The summed E-state index contributed by atoms with van der Waals surface area (Å²) in [5.41, 5.74) is 0.921. The molecule has 0 unspecified atom stereocenters. The number of aliphatic hydroxyl groups excluding tert-OH is 1. The molecular formula is C24H29ClN6O4S. The number of rotatable bonds is 7. The number of thiazole rings is 1. The zero-order valence-electron chi connectivity index (χ0n) is 20.1. The van der Waals surface area contributed by atoms with Gasteiger partial charge in [-0.1, -0.05) is 42.2 Å². The molecular weight excluding hydrogens is 504 g/mol. The third-order valence-corrected chi connectivity index (χ3v) is 7.95. The van der Waals surface area contributed by atoms with E-state index in [4.69, 9.17) is 30.8 Å². The van der Waals surface area contributed by atoms with Crippen LogP contribution < -0.4 is 15.0 Å². The molecule has 0 spiro atoms. The van der Waals surface area contributed by atoms with Crippen LogP contribution in [0.25, 0.3) is 11.5 Å². The van der Waals surface area contributed by atoms with Crippen LogP contribution in [0.3, 0.4) is 0 Å². The second-order valence-electron chi connectivity index (χ2n) is 8.97. The summed E-state index contributed by atoms with van der Waals surface area (Å²) in [6.45, 7) is 5.02. The van der Waals surface area contributed by atoms with Crippen molar-refractivity contribution in [2.75, 3.05) is 43.2 Å². The Balaban J connectivity index is 1.34. The molecule has 0 atom stereocenters. The molecule has 3 aromatic rings. The molecule has 0 bridgehead atoms. The average molecular weight is 533 g/mol. The van der Waals surface area contributed by atoms with Crippen molar-refractivity contribution in [3.63, 3.8) is 0 Å². The van der Waals surface area contributed by atoms with Crippen LogP contribution in [0, 0.1) is 6.92 Å². The number of amides is 1. The number of carbonyl (C=O) groups excluding carboxylic acids is 1. The van der Waals surface area contributed by atoms with Gasteiger partial charge in [0.25, 0.3) is 5.91 Å². The molecule has 3 aromatic heterocycles. The molecule has 1 amide bonds. The molecule has 192 valence electrons. The topological polar surface area (TPSA) is 117 Å². The van der Waals surface area contributed by atoms with Gasteiger partial charge in [-0.3, -0.25) is 15.0 Å². The second-order valence-corrected chi connectivity index (χ2v) is 10.4. The molecule has 0 radical (unpaired) electrons. The van der Waals surface area contributed by atoms with E-state index in [-0.39, 0.29) is 16.5 Å². The highest BCUT2D eigenvalue weighted by Crippen LogP contribution is 2.40. The largest absolute Gasteiger partial charge is 0.450 e. The molecule has 2 aliphatic rings. The van der Waals surface area contributed by atoms with E-state index in [1.807, 2.05) is 0 Å². The number of halogens is 1. The molecule has 10 nitrogen and oxygen atoms in total. The smallest absolute Gasteiger partial charge is 0.259 e. The molecule has 0 aromatic carbocycles. The number of pyridine rings is 1. The first-order valence-electron chi connectivity index (χ1n) is 12.1. The van der Waals surface area contributed by atoms with Crippen molar-refractivity contribution in [3.05, 3.63) is 34.9 Å². The second kappa shape index (κ2) is 11.1. The summed E-state index contributed by atoms with van der Waals surface area (Å²) < 4.78 is 10.7. The number of aromatic nitrogens is 3. The summed E-state index contributed by atoms with van der Waals surface area (Å²) in [4.78, 5) is 30.8. The van der Waals surface area contributed by atoms with Crippen molar-refractivity contribution in [3.8, 4) is 17.3 Å². The Morgan fingerprint density at radius 2 is 2.00 bits per heavy atom. The number of ether oxygens (including phenoxy) is 1. The van der Waals surface area contributed by atoms with Gasteiger partial charge in [0.1, 0.15) is 15.7 Å². The summed E-state index contributed by atoms with van der Waals surface area (Å²) in [6.07, 6.45) is 9.61. The number of carbonyl (C=O) groups is 1. The van der Waals surface area contributed by atoms with Gasteiger partial charge in [0.05, 0.1) is 11.8 Å². The van der Waals surface area contributed by atoms with Crippen LogP contribution in [0.5, 0.6) is 5.88 Å². The highest BCUT2D eigenvalue weighted by atomic mass is 35.5. The van der Waals surface area contributed by atoms with Gasteiger partial charge in [-0.25, -0.2) is 15.0 Å². The Morgan fingerprint density at radius 1 is 1.22 bits per heavy atom. The highest BCUT2D eigenvalue weighted by molar-refractivity contribution is 7.20. The van der Waals surface area contributed by atoms with E-state index in [0.717, 1.165) is 31.2 Å². The van der Waals surface area contributed by atoms with Crippen molar-refractivity contribution in [1.29, 1.82) is 0 Å². The number of piperazine rings is 1. The number of hydrogen-bond acceptors (Lipinski definition) is 10. The Morgan fingerprint density at radius 3 is 2.67 bits per heavy atom. The Hall–Kier alpha value is -2.73. The lowest BCUT2D eigenvalue weighted by Gasteiger charge is -2.41. The van der Waals surface area contributed by atoms with Gasteiger partial charge in [0.2, 0.25) is 5.88 Å². The first kappa shape index (κ1) is 24.9. The fourth-order valence-corrected chi connectivity index (χ4v) is 6.07. The van der Waals surface area contributed by atoms with Gasteiger partial charge in [0.15, 0.2) is 23.6 Å². The van der Waals surface area contributed by atoms with Crippen LogP contribution >= 0.6 is 22.9 Å². The van der Waals surface area contributed by atoms with Crippen molar-refractivity contribution in [1.82, 2.24) is 19.9 Å². The van der Waals surface area contributed by atoms with Gasteiger partial charge in [-0.05, 0) is 18.9 Å². The molecule has 1 saturated heterocycles. The summed E-state index contributed by atoms with van der Waals surface area (Å²) in [7, 11) is 0. The maximum Gasteiger partial charge on any atom is 0.259 e.